The minimum atomic E-state index is -4.94. The zero-order valence-electron chi connectivity index (χ0n) is 18.8. The number of amides is 1. The van der Waals surface area contributed by atoms with E-state index >= 15 is 0 Å². The Morgan fingerprint density at radius 3 is 2.09 bits per heavy atom. The Hall–Kier alpha value is -2.85. The van der Waals surface area contributed by atoms with E-state index in [1.54, 1.807) is 0 Å². The number of rotatable bonds is 5. The van der Waals surface area contributed by atoms with E-state index in [1.165, 1.54) is 6.92 Å². The van der Waals surface area contributed by atoms with Gasteiger partial charge in [0, 0.05) is 13.0 Å². The van der Waals surface area contributed by atoms with Gasteiger partial charge in [-0.2, -0.15) is 26.3 Å². The van der Waals surface area contributed by atoms with Gasteiger partial charge in [0.25, 0.3) is 0 Å². The lowest BCUT2D eigenvalue weighted by Gasteiger charge is -2.42. The van der Waals surface area contributed by atoms with Gasteiger partial charge >= 0.3 is 12.4 Å². The van der Waals surface area contributed by atoms with Crippen LogP contribution >= 0.6 is 0 Å². The molecule has 2 heterocycles. The number of ether oxygens (including phenoxy) is 1. The first-order valence-corrected chi connectivity index (χ1v) is 11.0. The van der Waals surface area contributed by atoms with Gasteiger partial charge < -0.3 is 10.1 Å². The summed E-state index contributed by atoms with van der Waals surface area (Å²) in [5.74, 6) is -0.0569. The van der Waals surface area contributed by atoms with Crippen molar-refractivity contribution in [2.75, 3.05) is 13.2 Å². The molecule has 4 nitrogen and oxygen atoms in total. The van der Waals surface area contributed by atoms with E-state index in [0.29, 0.717) is 31.5 Å². The summed E-state index contributed by atoms with van der Waals surface area (Å²) in [5.41, 5.74) is -3.61. The van der Waals surface area contributed by atoms with Crippen molar-refractivity contribution >= 4 is 5.91 Å². The van der Waals surface area contributed by atoms with Crippen LogP contribution in [0.5, 0.6) is 0 Å². The number of benzene rings is 2. The third kappa shape index (κ3) is 5.38. The molecule has 2 aromatic carbocycles. The highest BCUT2D eigenvalue weighted by molar-refractivity contribution is 5.80. The van der Waals surface area contributed by atoms with Crippen LogP contribution < -0.4 is 10.6 Å². The molecule has 1 amide bonds. The molecule has 35 heavy (non-hydrogen) atoms. The van der Waals surface area contributed by atoms with Gasteiger partial charge in [-0.3, -0.25) is 10.1 Å². The minimum absolute atomic E-state index is 0.0569. The highest BCUT2D eigenvalue weighted by atomic mass is 19.4. The molecule has 2 aromatic rings. The van der Waals surface area contributed by atoms with Gasteiger partial charge in [0.2, 0.25) is 5.91 Å². The predicted octanol–water partition coefficient (Wildman–Crippen LogP) is 5.51. The second-order valence-corrected chi connectivity index (χ2v) is 9.02. The third-order valence-corrected chi connectivity index (χ3v) is 6.52. The first-order valence-electron chi connectivity index (χ1n) is 11.0. The fourth-order valence-electron chi connectivity index (χ4n) is 4.41. The molecule has 0 aromatic heterocycles. The topological polar surface area (TPSA) is 50.4 Å². The van der Waals surface area contributed by atoms with Crippen LogP contribution in [0.2, 0.25) is 0 Å². The van der Waals surface area contributed by atoms with E-state index in [-0.39, 0.29) is 24.1 Å². The average Bonchev–Trinajstić information content (AvgIpc) is 3.18. The van der Waals surface area contributed by atoms with Crippen molar-refractivity contribution in [2.24, 2.45) is 0 Å². The predicted molar refractivity (Wildman–Crippen MR) is 116 cm³/mol. The molecule has 4 rings (SSSR count). The molecule has 1 spiro atoms. The molecule has 1 fully saturated rings. The van der Waals surface area contributed by atoms with Crippen molar-refractivity contribution in [1.82, 2.24) is 10.6 Å². The van der Waals surface area contributed by atoms with E-state index in [4.69, 9.17) is 4.74 Å². The fourth-order valence-corrected chi connectivity index (χ4v) is 4.41. The Balaban J connectivity index is 1.62. The summed E-state index contributed by atoms with van der Waals surface area (Å²) < 4.78 is 85.5. The van der Waals surface area contributed by atoms with Crippen molar-refractivity contribution in [3.63, 3.8) is 0 Å². The summed E-state index contributed by atoms with van der Waals surface area (Å²) in [6, 6.07) is 10.6. The monoisotopic (exact) mass is 498 g/mol. The highest BCUT2D eigenvalue weighted by Gasteiger charge is 2.43. The maximum absolute atomic E-state index is 13.3. The highest BCUT2D eigenvalue weighted by Crippen LogP contribution is 2.39. The summed E-state index contributed by atoms with van der Waals surface area (Å²) >= 11 is 0. The second-order valence-electron chi connectivity index (χ2n) is 9.02. The van der Waals surface area contributed by atoms with Gasteiger partial charge in [-0.25, -0.2) is 0 Å². The normalized spacial score (nSPS) is 25.6. The molecule has 0 saturated carbocycles. The lowest BCUT2D eigenvalue weighted by Crippen LogP contribution is -2.58. The quantitative estimate of drug-likeness (QED) is 0.423. The summed E-state index contributed by atoms with van der Waals surface area (Å²) in [6.07, 6.45) is -6.18. The number of hydrogen-bond acceptors (Lipinski definition) is 3. The van der Waals surface area contributed by atoms with Crippen molar-refractivity contribution < 1.29 is 35.9 Å². The lowest BCUT2D eigenvalue weighted by molar-refractivity contribution is -0.143. The molecule has 0 aliphatic carbocycles. The summed E-state index contributed by atoms with van der Waals surface area (Å²) in [4.78, 5) is 11.8. The van der Waals surface area contributed by atoms with Gasteiger partial charge in [0.1, 0.15) is 0 Å². The molecular formula is C25H24F6N2O2. The number of carbonyl (C=O) groups excluding carboxylic acids is 1. The Morgan fingerprint density at radius 2 is 1.60 bits per heavy atom. The molecule has 2 N–H and O–H groups in total. The molecule has 2 aliphatic heterocycles. The van der Waals surface area contributed by atoms with Crippen LogP contribution in [0.1, 0.15) is 48.1 Å². The molecule has 3 atom stereocenters. The summed E-state index contributed by atoms with van der Waals surface area (Å²) in [5, 5.41) is 6.34. The van der Waals surface area contributed by atoms with E-state index in [1.807, 2.05) is 42.5 Å². The zero-order valence-corrected chi connectivity index (χ0v) is 18.8. The molecule has 10 heteroatoms. The van der Waals surface area contributed by atoms with Gasteiger partial charge in [0.15, 0.2) is 0 Å². The maximum Gasteiger partial charge on any atom is 0.416 e. The number of halogens is 6. The summed E-state index contributed by atoms with van der Waals surface area (Å²) in [6.45, 7) is 1.75. The molecule has 2 aliphatic rings. The minimum Gasteiger partial charge on any atom is -0.371 e. The van der Waals surface area contributed by atoms with Crippen molar-refractivity contribution in [3.8, 4) is 0 Å². The van der Waals surface area contributed by atoms with Crippen LogP contribution in [0.4, 0.5) is 26.3 Å². The molecule has 1 saturated heterocycles. The van der Waals surface area contributed by atoms with Crippen molar-refractivity contribution in [2.45, 2.75) is 49.3 Å². The largest absolute Gasteiger partial charge is 0.416 e. The standard InChI is InChI=1S/C25H24F6N2O2/c1-16(17-11-19(24(26,27)28)13-20(12-17)25(29,30)31)35-15-23(18-5-3-2-4-6-18)10-9-22(14-32-23)8-7-21(34)33-22/h2-6,9-13,16,32H,7-8,14-15H2,1H3,(H,33,34)/t16?,22-,23-/m1/s1. The van der Waals surface area contributed by atoms with E-state index < -0.39 is 40.7 Å². The first-order chi connectivity index (χ1) is 16.3. The first kappa shape index (κ1) is 25.2. The van der Waals surface area contributed by atoms with Crippen molar-refractivity contribution in [3.05, 3.63) is 82.9 Å². The Labute approximate surface area is 198 Å². The van der Waals surface area contributed by atoms with Gasteiger partial charge in [-0.05, 0) is 42.7 Å². The van der Waals surface area contributed by atoms with Crippen LogP contribution in [0, 0.1) is 0 Å². The lowest BCUT2D eigenvalue weighted by atomic mass is 9.82. The average molecular weight is 498 g/mol. The Kier molecular flexibility index (Phi) is 6.48. The maximum atomic E-state index is 13.3. The van der Waals surface area contributed by atoms with Crippen LogP contribution in [-0.2, 0) is 27.4 Å². The number of alkyl halides is 6. The fraction of sp³-hybridized carbons (Fsp3) is 0.400. The van der Waals surface area contributed by atoms with Crippen LogP contribution in [0.3, 0.4) is 0 Å². The zero-order chi connectivity index (χ0) is 25.5. The number of carbonyl (C=O) groups is 1. The van der Waals surface area contributed by atoms with E-state index in [9.17, 15) is 31.1 Å². The molecule has 0 bridgehead atoms. The molecular weight excluding hydrogens is 474 g/mol. The SMILES string of the molecule is CC(OC[C@@]1(c2ccccc2)C=C[C@]2(CCC(=O)N2)CN1)c1cc(C(F)(F)F)cc(C(F)(F)F)c1. The third-order valence-electron chi connectivity index (χ3n) is 6.52. The van der Waals surface area contributed by atoms with Crippen LogP contribution in [-0.4, -0.2) is 24.6 Å². The number of hydrogen-bond donors (Lipinski definition) is 2. The van der Waals surface area contributed by atoms with Gasteiger partial charge in [0.05, 0.1) is 34.9 Å². The van der Waals surface area contributed by atoms with Crippen LogP contribution in [0.25, 0.3) is 0 Å². The van der Waals surface area contributed by atoms with Crippen LogP contribution in [0.15, 0.2) is 60.7 Å². The van der Waals surface area contributed by atoms with Crippen molar-refractivity contribution in [1.29, 1.82) is 0 Å². The second kappa shape index (κ2) is 8.98. The smallest absolute Gasteiger partial charge is 0.371 e. The van der Waals surface area contributed by atoms with Gasteiger partial charge in [-0.1, -0.05) is 42.5 Å². The molecule has 0 radical (unpaired) electrons. The number of nitrogens with one attached hydrogen (secondary N) is 2. The summed E-state index contributed by atoms with van der Waals surface area (Å²) in [7, 11) is 0. The Morgan fingerprint density at radius 1 is 0.971 bits per heavy atom. The van der Waals surface area contributed by atoms with Gasteiger partial charge in [-0.15, -0.1) is 0 Å². The molecule has 1 unspecified atom stereocenters. The molecule has 188 valence electrons. The van der Waals surface area contributed by atoms with E-state index in [0.717, 1.165) is 5.56 Å². The van der Waals surface area contributed by atoms with E-state index in [2.05, 4.69) is 10.6 Å². The Bertz CT molecular complexity index is 1080.